The molecule has 0 radical (unpaired) electrons. The van der Waals surface area contributed by atoms with Gasteiger partial charge in [-0.15, -0.1) is 0 Å². The predicted molar refractivity (Wildman–Crippen MR) is 95.8 cm³/mol. The summed E-state index contributed by atoms with van der Waals surface area (Å²) in [5, 5.41) is 12.0. The van der Waals surface area contributed by atoms with Gasteiger partial charge in [0.25, 0.3) is 0 Å². The van der Waals surface area contributed by atoms with Crippen molar-refractivity contribution in [1.29, 1.82) is 0 Å². The summed E-state index contributed by atoms with van der Waals surface area (Å²) in [6, 6.07) is 16.6. The quantitative estimate of drug-likeness (QED) is 0.501. The van der Waals surface area contributed by atoms with Gasteiger partial charge >= 0.3 is 5.51 Å². The molecule has 0 saturated carbocycles. The average Bonchev–Trinajstić information content (AvgIpc) is 2.58. The Labute approximate surface area is 150 Å². The fourth-order valence-corrected chi connectivity index (χ4v) is 3.43. The lowest BCUT2D eigenvalue weighted by Gasteiger charge is -2.20. The van der Waals surface area contributed by atoms with Crippen LogP contribution in [-0.4, -0.2) is 30.3 Å². The Morgan fingerprint density at radius 2 is 1.64 bits per heavy atom. The number of alkyl halides is 3. The molecule has 2 N–H and O–H groups in total. The third-order valence-corrected chi connectivity index (χ3v) is 4.74. The molecule has 0 aliphatic heterocycles. The second-order valence-electron chi connectivity index (χ2n) is 5.73. The van der Waals surface area contributed by atoms with E-state index in [2.05, 4.69) is 5.32 Å². The van der Waals surface area contributed by atoms with E-state index < -0.39 is 5.51 Å². The third kappa shape index (κ3) is 7.10. The van der Waals surface area contributed by atoms with Crippen molar-refractivity contribution in [3.63, 3.8) is 0 Å². The number of nitrogens with one attached hydrogen (secondary N) is 1. The first-order chi connectivity index (χ1) is 12.0. The van der Waals surface area contributed by atoms with Crippen LogP contribution in [0.4, 0.5) is 13.2 Å². The Kier molecular flexibility index (Phi) is 7.81. The highest BCUT2D eigenvalue weighted by molar-refractivity contribution is 8.00. The van der Waals surface area contributed by atoms with Crippen molar-refractivity contribution in [2.45, 2.75) is 29.2 Å². The first-order valence-corrected chi connectivity index (χ1v) is 9.01. The molecular weight excluding hydrogens is 347 g/mol. The van der Waals surface area contributed by atoms with Gasteiger partial charge < -0.3 is 10.4 Å². The SMILES string of the molecule is OCCNCC[C@@H](Cc1ccccc1SC(F)(F)F)c1ccccc1. The Morgan fingerprint density at radius 3 is 2.32 bits per heavy atom. The molecule has 0 amide bonds. The highest BCUT2D eigenvalue weighted by Crippen LogP contribution is 2.39. The number of benzene rings is 2. The van der Waals surface area contributed by atoms with Crippen molar-refractivity contribution in [1.82, 2.24) is 5.32 Å². The molecule has 0 fully saturated rings. The summed E-state index contributed by atoms with van der Waals surface area (Å²) < 4.78 is 38.4. The molecule has 1 atom stereocenters. The van der Waals surface area contributed by atoms with Crippen molar-refractivity contribution >= 4 is 11.8 Å². The lowest BCUT2D eigenvalue weighted by Crippen LogP contribution is -2.21. The Balaban J connectivity index is 2.16. The van der Waals surface area contributed by atoms with Crippen molar-refractivity contribution in [2.24, 2.45) is 0 Å². The number of thioether (sulfide) groups is 1. The van der Waals surface area contributed by atoms with Crippen LogP contribution in [0.5, 0.6) is 0 Å². The molecule has 6 heteroatoms. The molecule has 2 aromatic carbocycles. The van der Waals surface area contributed by atoms with Crippen LogP contribution in [0.15, 0.2) is 59.5 Å². The molecule has 25 heavy (non-hydrogen) atoms. The Hall–Kier alpha value is -1.50. The minimum Gasteiger partial charge on any atom is -0.395 e. The molecule has 0 aliphatic carbocycles. The largest absolute Gasteiger partial charge is 0.446 e. The summed E-state index contributed by atoms with van der Waals surface area (Å²) in [6.07, 6.45) is 1.33. The maximum Gasteiger partial charge on any atom is 0.446 e. The van der Waals surface area contributed by atoms with Gasteiger partial charge in [-0.2, -0.15) is 13.2 Å². The van der Waals surface area contributed by atoms with Gasteiger partial charge in [-0.05, 0) is 54.3 Å². The zero-order valence-electron chi connectivity index (χ0n) is 13.8. The van der Waals surface area contributed by atoms with Gasteiger partial charge in [0.15, 0.2) is 0 Å². The summed E-state index contributed by atoms with van der Waals surface area (Å²) in [6.45, 7) is 1.29. The number of hydrogen-bond acceptors (Lipinski definition) is 3. The molecular formula is C19H22F3NOS. The standard InChI is InChI=1S/C19H22F3NOS/c20-19(21,22)25-18-9-5-4-8-17(18)14-16(10-11-23-12-13-24)15-6-2-1-3-7-15/h1-9,16,23-24H,10-14H2/t16-/m0/s1. The van der Waals surface area contributed by atoms with Gasteiger partial charge in [-0.1, -0.05) is 48.5 Å². The monoisotopic (exact) mass is 369 g/mol. The first kappa shape index (κ1) is 19.8. The van der Waals surface area contributed by atoms with Crippen LogP contribution < -0.4 is 5.32 Å². The molecule has 2 aromatic rings. The lowest BCUT2D eigenvalue weighted by atomic mass is 9.89. The van der Waals surface area contributed by atoms with Crippen molar-refractivity contribution in [3.8, 4) is 0 Å². The van der Waals surface area contributed by atoms with Gasteiger partial charge in [-0.25, -0.2) is 0 Å². The summed E-state index contributed by atoms with van der Waals surface area (Å²) in [4.78, 5) is 0.263. The van der Waals surface area contributed by atoms with Crippen LogP contribution >= 0.6 is 11.8 Å². The molecule has 0 saturated heterocycles. The molecule has 136 valence electrons. The topological polar surface area (TPSA) is 32.3 Å². The maximum atomic E-state index is 12.8. The maximum absolute atomic E-state index is 12.8. The fraction of sp³-hybridized carbons (Fsp3) is 0.368. The van der Waals surface area contributed by atoms with Crippen LogP contribution in [0.25, 0.3) is 0 Å². The minimum absolute atomic E-state index is 0.0522. The van der Waals surface area contributed by atoms with Gasteiger partial charge in [-0.3, -0.25) is 0 Å². The number of halogens is 3. The molecule has 0 aromatic heterocycles. The molecule has 2 nitrogen and oxygen atoms in total. The van der Waals surface area contributed by atoms with E-state index in [0.717, 1.165) is 12.0 Å². The van der Waals surface area contributed by atoms with Crippen LogP contribution in [0.2, 0.25) is 0 Å². The second-order valence-corrected chi connectivity index (χ2v) is 6.84. The van der Waals surface area contributed by atoms with Crippen LogP contribution in [0.1, 0.15) is 23.5 Å². The predicted octanol–water partition coefficient (Wildman–Crippen LogP) is 4.60. The van der Waals surface area contributed by atoms with E-state index in [9.17, 15) is 13.2 Å². The van der Waals surface area contributed by atoms with Crippen LogP contribution in [-0.2, 0) is 6.42 Å². The van der Waals surface area contributed by atoms with Gasteiger partial charge in [0.1, 0.15) is 0 Å². The van der Waals surface area contributed by atoms with Crippen molar-refractivity contribution < 1.29 is 18.3 Å². The first-order valence-electron chi connectivity index (χ1n) is 8.20. The normalized spacial score (nSPS) is 13.0. The summed E-state index contributed by atoms with van der Waals surface area (Å²) in [5.41, 5.74) is -2.47. The molecule has 0 spiro atoms. The average molecular weight is 369 g/mol. The van der Waals surface area contributed by atoms with Gasteiger partial charge in [0.05, 0.1) is 6.61 Å². The number of rotatable bonds is 9. The summed E-state index contributed by atoms with van der Waals surface area (Å²) in [5.74, 6) is 0.113. The summed E-state index contributed by atoms with van der Waals surface area (Å²) >= 11 is -0.0522. The van der Waals surface area contributed by atoms with E-state index in [1.54, 1.807) is 18.2 Å². The van der Waals surface area contributed by atoms with E-state index >= 15 is 0 Å². The van der Waals surface area contributed by atoms with E-state index in [4.69, 9.17) is 5.11 Å². The van der Waals surface area contributed by atoms with Crippen LogP contribution in [0, 0.1) is 0 Å². The molecule has 0 unspecified atom stereocenters. The summed E-state index contributed by atoms with van der Waals surface area (Å²) in [7, 11) is 0. The number of hydrogen-bond donors (Lipinski definition) is 2. The number of aliphatic hydroxyl groups excluding tert-OH is 1. The zero-order valence-corrected chi connectivity index (χ0v) is 14.6. The highest BCUT2D eigenvalue weighted by Gasteiger charge is 2.30. The fourth-order valence-electron chi connectivity index (χ4n) is 2.75. The Morgan fingerprint density at radius 1 is 0.960 bits per heavy atom. The third-order valence-electron chi connectivity index (χ3n) is 3.89. The van der Waals surface area contributed by atoms with Gasteiger partial charge in [0.2, 0.25) is 0 Å². The van der Waals surface area contributed by atoms with Crippen LogP contribution in [0.3, 0.4) is 0 Å². The zero-order chi connectivity index (χ0) is 18.1. The molecule has 0 aliphatic rings. The van der Waals surface area contributed by atoms with Gasteiger partial charge in [0, 0.05) is 11.4 Å². The smallest absolute Gasteiger partial charge is 0.395 e. The van der Waals surface area contributed by atoms with Crippen molar-refractivity contribution in [2.75, 3.05) is 19.7 Å². The van der Waals surface area contributed by atoms with Crippen molar-refractivity contribution in [3.05, 3.63) is 65.7 Å². The van der Waals surface area contributed by atoms with E-state index in [-0.39, 0.29) is 29.2 Å². The van der Waals surface area contributed by atoms with E-state index in [1.165, 1.54) is 6.07 Å². The number of aliphatic hydroxyl groups is 1. The lowest BCUT2D eigenvalue weighted by molar-refractivity contribution is -0.0328. The minimum atomic E-state index is -4.29. The highest BCUT2D eigenvalue weighted by atomic mass is 32.2. The molecule has 2 rings (SSSR count). The van der Waals surface area contributed by atoms with E-state index in [0.29, 0.717) is 25.1 Å². The van der Waals surface area contributed by atoms with E-state index in [1.807, 2.05) is 30.3 Å². The molecule has 0 bridgehead atoms. The second kappa shape index (κ2) is 9.85. The Bertz CT molecular complexity index is 634. The molecule has 0 heterocycles.